The van der Waals surface area contributed by atoms with Crippen LogP contribution in [-0.4, -0.2) is 9.97 Å². The largest absolute Gasteiger partial charge is 0.859 e. The molecular weight excluding hydrogens is 208 g/mol. The molecule has 0 atom stereocenters. The monoisotopic (exact) mass is 217 g/mol. The van der Waals surface area contributed by atoms with Crippen molar-refractivity contribution in [2.75, 3.05) is 0 Å². The fraction of sp³-hybridized carbons (Fsp3) is 0.0909. The molecule has 0 aliphatic carbocycles. The Bertz CT molecular complexity index is 434. The van der Waals surface area contributed by atoms with Gasteiger partial charge in [0.15, 0.2) is 5.16 Å². The molecule has 15 heavy (non-hydrogen) atoms. The van der Waals surface area contributed by atoms with Gasteiger partial charge in [0.2, 0.25) is 0 Å². The van der Waals surface area contributed by atoms with E-state index in [1.54, 1.807) is 0 Å². The highest BCUT2D eigenvalue weighted by Gasteiger charge is 1.97. The van der Waals surface area contributed by atoms with Crippen molar-refractivity contribution in [1.29, 1.82) is 0 Å². The minimum Gasteiger partial charge on any atom is -0.859 e. The van der Waals surface area contributed by atoms with Crippen LogP contribution in [0.3, 0.4) is 0 Å². The fourth-order valence-electron chi connectivity index (χ4n) is 1.12. The van der Waals surface area contributed by atoms with Gasteiger partial charge in [-0.05, 0) is 17.5 Å². The summed E-state index contributed by atoms with van der Waals surface area (Å²) in [5, 5.41) is 11.5. The number of benzene rings is 1. The van der Waals surface area contributed by atoms with Gasteiger partial charge in [0, 0.05) is 11.9 Å². The van der Waals surface area contributed by atoms with Crippen LogP contribution < -0.4 is 5.11 Å². The zero-order chi connectivity index (χ0) is 10.5. The lowest BCUT2D eigenvalue weighted by Crippen LogP contribution is -1.95. The standard InChI is InChI=1S/C11H10N2OS/c14-10-6-7-12-11(13-10)15-8-9-4-2-1-3-5-9/h1-7H,8H2,(H,12,13,14)/p-1. The molecule has 2 aromatic rings. The topological polar surface area (TPSA) is 48.8 Å². The van der Waals surface area contributed by atoms with E-state index >= 15 is 0 Å². The summed E-state index contributed by atoms with van der Waals surface area (Å²) in [4.78, 5) is 7.79. The molecule has 0 saturated heterocycles. The summed E-state index contributed by atoms with van der Waals surface area (Å²) in [7, 11) is 0. The van der Waals surface area contributed by atoms with E-state index in [1.807, 2.05) is 30.3 Å². The van der Waals surface area contributed by atoms with Crippen LogP contribution in [0.5, 0.6) is 5.88 Å². The van der Waals surface area contributed by atoms with Gasteiger partial charge in [-0.3, -0.25) is 0 Å². The van der Waals surface area contributed by atoms with Crippen LogP contribution >= 0.6 is 11.8 Å². The zero-order valence-corrected chi connectivity index (χ0v) is 8.78. The molecule has 0 N–H and O–H groups in total. The van der Waals surface area contributed by atoms with E-state index in [9.17, 15) is 5.11 Å². The molecule has 0 unspecified atom stereocenters. The van der Waals surface area contributed by atoms with Crippen molar-refractivity contribution in [2.45, 2.75) is 10.9 Å². The highest BCUT2D eigenvalue weighted by Crippen LogP contribution is 2.19. The first-order valence-electron chi connectivity index (χ1n) is 4.51. The smallest absolute Gasteiger partial charge is 0.187 e. The molecule has 0 aliphatic rings. The molecule has 0 aliphatic heterocycles. The third-order valence-electron chi connectivity index (χ3n) is 1.82. The van der Waals surface area contributed by atoms with Crippen LogP contribution in [0.15, 0.2) is 47.8 Å². The summed E-state index contributed by atoms with van der Waals surface area (Å²) in [6.45, 7) is 0. The van der Waals surface area contributed by atoms with Gasteiger partial charge in [0.05, 0.1) is 0 Å². The van der Waals surface area contributed by atoms with Gasteiger partial charge in [-0.1, -0.05) is 42.1 Å². The van der Waals surface area contributed by atoms with Crippen LogP contribution in [0.1, 0.15) is 5.56 Å². The van der Waals surface area contributed by atoms with Gasteiger partial charge in [-0.15, -0.1) is 0 Å². The first kappa shape index (κ1) is 9.98. The van der Waals surface area contributed by atoms with E-state index < -0.39 is 0 Å². The Labute approximate surface area is 92.2 Å². The number of nitrogens with zero attached hydrogens (tertiary/aromatic N) is 2. The van der Waals surface area contributed by atoms with Crippen LogP contribution in [0.4, 0.5) is 0 Å². The highest BCUT2D eigenvalue weighted by atomic mass is 32.2. The maximum absolute atomic E-state index is 10.9. The predicted molar refractivity (Wildman–Crippen MR) is 57.5 cm³/mol. The van der Waals surface area contributed by atoms with E-state index in [1.165, 1.54) is 29.6 Å². The van der Waals surface area contributed by atoms with E-state index in [0.717, 1.165) is 5.75 Å². The number of thioether (sulfide) groups is 1. The average molecular weight is 217 g/mol. The molecule has 76 valence electrons. The maximum atomic E-state index is 10.9. The third kappa shape index (κ3) is 2.95. The lowest BCUT2D eigenvalue weighted by Gasteiger charge is -2.05. The molecule has 0 fully saturated rings. The van der Waals surface area contributed by atoms with E-state index in [0.29, 0.717) is 5.16 Å². The average Bonchev–Trinajstić information content (AvgIpc) is 2.28. The second-order valence-electron chi connectivity index (χ2n) is 2.95. The van der Waals surface area contributed by atoms with Crippen molar-refractivity contribution in [3.63, 3.8) is 0 Å². The normalized spacial score (nSPS) is 10.1. The Morgan fingerprint density at radius 3 is 2.67 bits per heavy atom. The van der Waals surface area contributed by atoms with Crippen molar-refractivity contribution in [2.24, 2.45) is 0 Å². The van der Waals surface area contributed by atoms with E-state index in [4.69, 9.17) is 0 Å². The van der Waals surface area contributed by atoms with Gasteiger partial charge in [0.25, 0.3) is 0 Å². The molecule has 2 rings (SSSR count). The first-order valence-corrected chi connectivity index (χ1v) is 5.50. The van der Waals surface area contributed by atoms with Gasteiger partial charge in [-0.2, -0.15) is 0 Å². The summed E-state index contributed by atoms with van der Waals surface area (Å²) in [6.07, 6.45) is 1.49. The lowest BCUT2D eigenvalue weighted by atomic mass is 10.2. The molecule has 0 amide bonds. The zero-order valence-electron chi connectivity index (χ0n) is 7.96. The Hall–Kier alpha value is -1.55. The third-order valence-corrected chi connectivity index (χ3v) is 2.75. The van der Waals surface area contributed by atoms with Crippen molar-refractivity contribution >= 4 is 11.8 Å². The van der Waals surface area contributed by atoms with Crippen LogP contribution in [0, 0.1) is 0 Å². The summed E-state index contributed by atoms with van der Waals surface area (Å²) in [6, 6.07) is 11.4. The lowest BCUT2D eigenvalue weighted by molar-refractivity contribution is -0.275. The second-order valence-corrected chi connectivity index (χ2v) is 3.89. The Morgan fingerprint density at radius 2 is 1.93 bits per heavy atom. The molecule has 3 nitrogen and oxygen atoms in total. The molecule has 1 heterocycles. The molecule has 0 radical (unpaired) electrons. The van der Waals surface area contributed by atoms with Gasteiger partial charge in [-0.25, -0.2) is 9.97 Å². The summed E-state index contributed by atoms with van der Waals surface area (Å²) < 4.78 is 0. The van der Waals surface area contributed by atoms with Gasteiger partial charge in [0.1, 0.15) is 0 Å². The molecule has 1 aromatic heterocycles. The maximum Gasteiger partial charge on any atom is 0.187 e. The summed E-state index contributed by atoms with van der Waals surface area (Å²) >= 11 is 1.47. The summed E-state index contributed by atoms with van der Waals surface area (Å²) in [5.41, 5.74) is 1.20. The highest BCUT2D eigenvalue weighted by molar-refractivity contribution is 7.98. The molecule has 1 aromatic carbocycles. The number of aromatic nitrogens is 2. The Balaban J connectivity index is 1.99. The fourth-order valence-corrected chi connectivity index (χ4v) is 1.89. The Kier molecular flexibility index (Phi) is 3.19. The number of hydrogen-bond acceptors (Lipinski definition) is 4. The minimum atomic E-state index is -0.236. The number of hydrogen-bond donors (Lipinski definition) is 0. The molecule has 0 bridgehead atoms. The minimum absolute atomic E-state index is 0.236. The summed E-state index contributed by atoms with van der Waals surface area (Å²) in [5.74, 6) is 0.546. The van der Waals surface area contributed by atoms with Crippen molar-refractivity contribution in [1.82, 2.24) is 9.97 Å². The van der Waals surface area contributed by atoms with Crippen LogP contribution in [-0.2, 0) is 5.75 Å². The number of rotatable bonds is 3. The van der Waals surface area contributed by atoms with Crippen molar-refractivity contribution < 1.29 is 5.11 Å². The molecule has 0 spiro atoms. The van der Waals surface area contributed by atoms with Gasteiger partial charge >= 0.3 is 0 Å². The van der Waals surface area contributed by atoms with Crippen LogP contribution in [0.25, 0.3) is 0 Å². The van der Waals surface area contributed by atoms with E-state index in [-0.39, 0.29) is 5.88 Å². The SMILES string of the molecule is [O-]c1ccnc(SCc2ccccc2)n1. The predicted octanol–water partition coefficient (Wildman–Crippen LogP) is 1.84. The first-order chi connectivity index (χ1) is 7.34. The second kappa shape index (κ2) is 4.79. The van der Waals surface area contributed by atoms with Crippen molar-refractivity contribution in [3.05, 3.63) is 48.2 Å². The van der Waals surface area contributed by atoms with Crippen molar-refractivity contribution in [3.8, 4) is 5.88 Å². The molecule has 0 saturated carbocycles. The van der Waals surface area contributed by atoms with Crippen LogP contribution in [0.2, 0.25) is 0 Å². The quantitative estimate of drug-likeness (QED) is 0.581. The molecule has 4 heteroatoms. The van der Waals surface area contributed by atoms with E-state index in [2.05, 4.69) is 9.97 Å². The van der Waals surface area contributed by atoms with Gasteiger partial charge < -0.3 is 5.11 Å². The molecular formula is C11H9N2OS-. The Morgan fingerprint density at radius 1 is 1.13 bits per heavy atom.